The molecule has 0 fully saturated rings. The fourth-order valence-corrected chi connectivity index (χ4v) is 2.59. The first kappa shape index (κ1) is 18.1. The number of carbonyl (C=O) groups excluding carboxylic acids is 1. The van der Waals surface area contributed by atoms with Crippen molar-refractivity contribution in [3.8, 4) is 5.75 Å². The van der Waals surface area contributed by atoms with E-state index in [1.54, 1.807) is 12.1 Å². The maximum absolute atomic E-state index is 12.1. The van der Waals surface area contributed by atoms with Crippen LogP contribution in [-0.4, -0.2) is 18.7 Å². The summed E-state index contributed by atoms with van der Waals surface area (Å²) in [5.74, 6) is 0.395. The Morgan fingerprint density at radius 1 is 1.25 bits per heavy atom. The predicted molar refractivity (Wildman–Crippen MR) is 87.0 cm³/mol. The second kappa shape index (κ2) is 7.55. The van der Waals surface area contributed by atoms with Gasteiger partial charge in [-0.05, 0) is 41.8 Å². The zero-order valence-electron chi connectivity index (χ0n) is 13.6. The van der Waals surface area contributed by atoms with Gasteiger partial charge >= 0.3 is 6.18 Å². The molecule has 1 amide bonds. The van der Waals surface area contributed by atoms with Crippen molar-refractivity contribution in [3.05, 3.63) is 42.0 Å². The van der Waals surface area contributed by atoms with Crippen LogP contribution in [0.2, 0.25) is 0 Å². The van der Waals surface area contributed by atoms with Crippen molar-refractivity contribution in [3.63, 3.8) is 0 Å². The van der Waals surface area contributed by atoms with Crippen molar-refractivity contribution in [1.82, 2.24) is 5.32 Å². The van der Waals surface area contributed by atoms with E-state index in [9.17, 15) is 18.0 Å². The number of carbonyl (C=O) groups is 1. The average molecular weight is 339 g/mol. The Morgan fingerprint density at radius 3 is 2.67 bits per heavy atom. The van der Waals surface area contributed by atoms with Crippen molar-refractivity contribution in [2.24, 2.45) is 0 Å². The van der Waals surface area contributed by atoms with Gasteiger partial charge < -0.3 is 10.1 Å². The van der Waals surface area contributed by atoms with Gasteiger partial charge in [-0.3, -0.25) is 4.79 Å². The molecule has 6 heteroatoms. The number of rotatable bonds is 6. The van der Waals surface area contributed by atoms with Crippen LogP contribution in [-0.2, 0) is 4.79 Å². The van der Waals surface area contributed by atoms with E-state index >= 15 is 0 Å². The molecule has 0 heterocycles. The molecular weight excluding hydrogens is 319 g/mol. The van der Waals surface area contributed by atoms with Crippen molar-refractivity contribution < 1.29 is 22.7 Å². The Morgan fingerprint density at radius 2 is 2.00 bits per heavy atom. The van der Waals surface area contributed by atoms with E-state index in [-0.39, 0.29) is 25.0 Å². The Bertz CT molecular complexity index is 713. The summed E-state index contributed by atoms with van der Waals surface area (Å²) >= 11 is 0. The Kier molecular flexibility index (Phi) is 5.70. The fraction of sp³-hybridized carbons (Fsp3) is 0.389. The smallest absolute Gasteiger partial charge is 0.389 e. The van der Waals surface area contributed by atoms with Gasteiger partial charge in [-0.25, -0.2) is 0 Å². The molecule has 0 aliphatic carbocycles. The van der Waals surface area contributed by atoms with Crippen LogP contribution in [0.25, 0.3) is 10.8 Å². The molecule has 0 aromatic heterocycles. The molecule has 1 N–H and O–H groups in total. The Labute approximate surface area is 138 Å². The first-order chi connectivity index (χ1) is 11.3. The van der Waals surface area contributed by atoms with Gasteiger partial charge in [-0.1, -0.05) is 24.3 Å². The van der Waals surface area contributed by atoms with E-state index in [1.165, 1.54) is 6.92 Å². The van der Waals surface area contributed by atoms with Gasteiger partial charge in [0.1, 0.15) is 5.75 Å². The minimum Gasteiger partial charge on any atom is -0.494 e. The lowest BCUT2D eigenvalue weighted by Crippen LogP contribution is -2.23. The van der Waals surface area contributed by atoms with E-state index in [2.05, 4.69) is 5.32 Å². The minimum absolute atomic E-state index is 0.00837. The molecule has 130 valence electrons. The molecule has 0 radical (unpaired) electrons. The summed E-state index contributed by atoms with van der Waals surface area (Å²) in [6.07, 6.45) is -5.09. The number of hydrogen-bond acceptors (Lipinski definition) is 2. The number of benzene rings is 2. The van der Waals surface area contributed by atoms with Crippen LogP contribution in [0, 0.1) is 0 Å². The molecular formula is C18H20F3NO2. The third-order valence-corrected chi connectivity index (χ3v) is 3.65. The molecule has 3 nitrogen and oxygen atoms in total. The molecule has 0 aliphatic heterocycles. The fourth-order valence-electron chi connectivity index (χ4n) is 2.59. The monoisotopic (exact) mass is 339 g/mol. The van der Waals surface area contributed by atoms with Crippen molar-refractivity contribution in [1.29, 1.82) is 0 Å². The number of amides is 1. The van der Waals surface area contributed by atoms with Gasteiger partial charge in [0.05, 0.1) is 12.6 Å². The molecule has 2 rings (SSSR count). The minimum atomic E-state index is -4.16. The van der Waals surface area contributed by atoms with Gasteiger partial charge in [-0.15, -0.1) is 0 Å². The van der Waals surface area contributed by atoms with Crippen LogP contribution in [0.3, 0.4) is 0 Å². The zero-order chi connectivity index (χ0) is 17.7. The van der Waals surface area contributed by atoms with E-state index in [1.807, 2.05) is 31.2 Å². The lowest BCUT2D eigenvalue weighted by molar-refractivity contribution is -0.136. The maximum Gasteiger partial charge on any atom is 0.389 e. The summed E-state index contributed by atoms with van der Waals surface area (Å²) in [5.41, 5.74) is 0.934. The number of ether oxygens (including phenoxy) is 1. The highest BCUT2D eigenvalue weighted by atomic mass is 19.4. The maximum atomic E-state index is 12.1. The Hall–Kier alpha value is -2.24. The summed E-state index contributed by atoms with van der Waals surface area (Å²) in [7, 11) is 0. The highest BCUT2D eigenvalue weighted by Crippen LogP contribution is 2.28. The lowest BCUT2D eigenvalue weighted by atomic mass is 9.99. The normalized spacial score (nSPS) is 12.9. The first-order valence-electron chi connectivity index (χ1n) is 7.75. The van der Waals surface area contributed by atoms with Crippen molar-refractivity contribution >= 4 is 16.7 Å². The highest BCUT2D eigenvalue weighted by Gasteiger charge is 2.26. The van der Waals surface area contributed by atoms with Gasteiger partial charge in [0.15, 0.2) is 0 Å². The quantitative estimate of drug-likeness (QED) is 0.771. The van der Waals surface area contributed by atoms with Gasteiger partial charge in [0, 0.05) is 13.3 Å². The second-order valence-electron chi connectivity index (χ2n) is 5.72. The molecule has 1 unspecified atom stereocenters. The molecule has 0 spiro atoms. The summed E-state index contributed by atoms with van der Waals surface area (Å²) in [4.78, 5) is 11.3. The lowest BCUT2D eigenvalue weighted by Gasteiger charge is -2.16. The largest absolute Gasteiger partial charge is 0.494 e. The summed E-state index contributed by atoms with van der Waals surface area (Å²) < 4.78 is 41.9. The average Bonchev–Trinajstić information content (AvgIpc) is 2.49. The summed E-state index contributed by atoms with van der Waals surface area (Å²) in [6, 6.07) is 11.0. The number of hydrogen-bond donors (Lipinski definition) is 1. The molecule has 0 aliphatic rings. The Balaban J connectivity index is 2.15. The number of fused-ring (bicyclic) bond motifs is 1. The SMILES string of the molecule is CC(=O)NC(C)c1cccc2ccc(OCCCC(F)(F)F)cc12. The van der Waals surface area contributed by atoms with Gasteiger partial charge in [0.2, 0.25) is 5.91 Å². The third kappa shape index (κ3) is 5.15. The number of halogens is 3. The van der Waals surface area contributed by atoms with E-state index in [0.29, 0.717) is 5.75 Å². The van der Waals surface area contributed by atoms with Crippen LogP contribution in [0.5, 0.6) is 5.75 Å². The highest BCUT2D eigenvalue weighted by molar-refractivity contribution is 5.88. The zero-order valence-corrected chi connectivity index (χ0v) is 13.6. The molecule has 24 heavy (non-hydrogen) atoms. The molecule has 0 bridgehead atoms. The number of nitrogens with one attached hydrogen (secondary N) is 1. The van der Waals surface area contributed by atoms with Crippen LogP contribution >= 0.6 is 0 Å². The summed E-state index contributed by atoms with van der Waals surface area (Å²) in [5, 5.41) is 4.72. The molecule has 2 aromatic rings. The first-order valence-corrected chi connectivity index (χ1v) is 7.75. The van der Waals surface area contributed by atoms with Gasteiger partial charge in [-0.2, -0.15) is 13.2 Å². The summed E-state index contributed by atoms with van der Waals surface area (Å²) in [6.45, 7) is 3.35. The topological polar surface area (TPSA) is 38.3 Å². The molecule has 1 atom stereocenters. The van der Waals surface area contributed by atoms with Crippen LogP contribution < -0.4 is 10.1 Å². The molecule has 0 saturated carbocycles. The predicted octanol–water partition coefficient (Wildman–Crippen LogP) is 4.76. The van der Waals surface area contributed by atoms with Crippen LogP contribution in [0.4, 0.5) is 13.2 Å². The number of alkyl halides is 3. The third-order valence-electron chi connectivity index (χ3n) is 3.65. The van der Waals surface area contributed by atoms with E-state index in [0.717, 1.165) is 16.3 Å². The van der Waals surface area contributed by atoms with Crippen molar-refractivity contribution in [2.45, 2.75) is 38.9 Å². The van der Waals surface area contributed by atoms with E-state index < -0.39 is 12.6 Å². The van der Waals surface area contributed by atoms with E-state index in [4.69, 9.17) is 4.74 Å². The second-order valence-corrected chi connectivity index (χ2v) is 5.72. The molecule has 0 saturated heterocycles. The van der Waals surface area contributed by atoms with Crippen molar-refractivity contribution in [2.75, 3.05) is 6.61 Å². The molecule has 2 aromatic carbocycles. The van der Waals surface area contributed by atoms with Crippen LogP contribution in [0.1, 0.15) is 38.3 Å². The van der Waals surface area contributed by atoms with Gasteiger partial charge in [0.25, 0.3) is 0 Å². The standard InChI is InChI=1S/C18H20F3NO2/c1-12(22-13(2)23)16-6-3-5-14-7-8-15(11-17(14)16)24-10-4-9-18(19,20)21/h3,5-8,11-12H,4,9-10H2,1-2H3,(H,22,23). The van der Waals surface area contributed by atoms with Crippen LogP contribution in [0.15, 0.2) is 36.4 Å².